The summed E-state index contributed by atoms with van der Waals surface area (Å²) in [6, 6.07) is 13.2. The van der Waals surface area contributed by atoms with Gasteiger partial charge in [0.05, 0.1) is 12.3 Å². The topological polar surface area (TPSA) is 66.4 Å². The highest BCUT2D eigenvalue weighted by Crippen LogP contribution is 2.03. The number of rotatable bonds is 5. The van der Waals surface area contributed by atoms with Crippen molar-refractivity contribution in [2.24, 2.45) is 5.10 Å². The van der Waals surface area contributed by atoms with Gasteiger partial charge in [-0.25, -0.2) is 5.43 Å². The molecule has 0 saturated carbocycles. The number of hydrogen-bond donors (Lipinski definition) is 2. The van der Waals surface area contributed by atoms with E-state index in [0.29, 0.717) is 0 Å². The molecular formula is C15H16N4O. The van der Waals surface area contributed by atoms with E-state index in [9.17, 15) is 4.79 Å². The van der Waals surface area contributed by atoms with Crippen molar-refractivity contribution in [1.82, 2.24) is 10.4 Å². The highest BCUT2D eigenvalue weighted by Gasteiger charge is 2.01. The molecule has 2 N–H and O–H groups in total. The lowest BCUT2D eigenvalue weighted by Gasteiger charge is -2.05. The Morgan fingerprint density at radius 1 is 1.15 bits per heavy atom. The number of nitrogens with zero attached hydrogens (tertiary/aromatic N) is 2. The van der Waals surface area contributed by atoms with Crippen LogP contribution >= 0.6 is 0 Å². The Hall–Kier alpha value is -2.69. The van der Waals surface area contributed by atoms with E-state index in [4.69, 9.17) is 0 Å². The lowest BCUT2D eigenvalue weighted by Crippen LogP contribution is -2.26. The first-order valence-corrected chi connectivity index (χ1v) is 6.28. The van der Waals surface area contributed by atoms with Gasteiger partial charge in [0.2, 0.25) is 0 Å². The van der Waals surface area contributed by atoms with Gasteiger partial charge in [0.15, 0.2) is 0 Å². The van der Waals surface area contributed by atoms with E-state index in [1.54, 1.807) is 12.4 Å². The van der Waals surface area contributed by atoms with Crippen LogP contribution in [0.15, 0.2) is 60.0 Å². The molecule has 0 aliphatic carbocycles. The maximum atomic E-state index is 11.7. The van der Waals surface area contributed by atoms with E-state index in [1.165, 1.54) is 0 Å². The van der Waals surface area contributed by atoms with Crippen LogP contribution in [-0.4, -0.2) is 23.1 Å². The zero-order valence-electron chi connectivity index (χ0n) is 11.2. The number of para-hydroxylation sites is 1. The number of carbonyl (C=O) groups is 1. The Bertz CT molecular complexity index is 581. The molecule has 0 atom stereocenters. The van der Waals surface area contributed by atoms with Crippen LogP contribution < -0.4 is 10.7 Å². The number of hydrazone groups is 1. The molecule has 102 valence electrons. The molecule has 20 heavy (non-hydrogen) atoms. The summed E-state index contributed by atoms with van der Waals surface area (Å²) < 4.78 is 0. The first kappa shape index (κ1) is 13.7. The Balaban J connectivity index is 1.83. The molecule has 0 unspecified atom stereocenters. The van der Waals surface area contributed by atoms with E-state index < -0.39 is 0 Å². The van der Waals surface area contributed by atoms with E-state index in [0.717, 1.165) is 17.0 Å². The molecule has 0 saturated heterocycles. The van der Waals surface area contributed by atoms with Gasteiger partial charge in [0, 0.05) is 23.6 Å². The van der Waals surface area contributed by atoms with Crippen LogP contribution in [0.25, 0.3) is 0 Å². The van der Waals surface area contributed by atoms with Gasteiger partial charge in [0.1, 0.15) is 0 Å². The van der Waals surface area contributed by atoms with Crippen LogP contribution in [0.4, 0.5) is 5.69 Å². The van der Waals surface area contributed by atoms with Gasteiger partial charge in [0.25, 0.3) is 5.91 Å². The van der Waals surface area contributed by atoms with Crippen molar-refractivity contribution < 1.29 is 4.79 Å². The second kappa shape index (κ2) is 7.04. The number of benzene rings is 1. The summed E-state index contributed by atoms with van der Waals surface area (Å²) in [6.07, 6.45) is 3.38. The summed E-state index contributed by atoms with van der Waals surface area (Å²) in [5, 5.41) is 7.07. The molecule has 0 aliphatic heterocycles. The zero-order chi connectivity index (χ0) is 14.2. The predicted octanol–water partition coefficient (Wildman–Crippen LogP) is 2.03. The summed E-state index contributed by atoms with van der Waals surface area (Å²) in [5.74, 6) is -0.192. The lowest BCUT2D eigenvalue weighted by molar-refractivity contribution is -0.119. The third kappa shape index (κ3) is 4.20. The quantitative estimate of drug-likeness (QED) is 0.644. The average Bonchev–Trinajstić information content (AvgIpc) is 2.52. The van der Waals surface area contributed by atoms with Crippen molar-refractivity contribution in [3.05, 3.63) is 60.4 Å². The molecule has 2 aromatic rings. The van der Waals surface area contributed by atoms with Crippen LogP contribution in [0.1, 0.15) is 12.5 Å². The van der Waals surface area contributed by atoms with Gasteiger partial charge in [-0.1, -0.05) is 18.2 Å². The Morgan fingerprint density at radius 3 is 2.55 bits per heavy atom. The van der Waals surface area contributed by atoms with E-state index >= 15 is 0 Å². The van der Waals surface area contributed by atoms with Crippen molar-refractivity contribution in [2.45, 2.75) is 6.92 Å². The van der Waals surface area contributed by atoms with Crippen molar-refractivity contribution in [3.8, 4) is 0 Å². The van der Waals surface area contributed by atoms with Gasteiger partial charge in [-0.2, -0.15) is 5.10 Å². The summed E-state index contributed by atoms with van der Waals surface area (Å²) in [6.45, 7) is 2.01. The summed E-state index contributed by atoms with van der Waals surface area (Å²) >= 11 is 0. The van der Waals surface area contributed by atoms with E-state index in [1.807, 2.05) is 49.4 Å². The maximum Gasteiger partial charge on any atom is 0.259 e. The molecular weight excluding hydrogens is 252 g/mol. The summed E-state index contributed by atoms with van der Waals surface area (Å²) in [7, 11) is 0. The molecule has 1 aromatic carbocycles. The number of pyridine rings is 1. The highest BCUT2D eigenvalue weighted by atomic mass is 16.2. The molecule has 2 rings (SSSR count). The van der Waals surface area contributed by atoms with Gasteiger partial charge in [-0.05, 0) is 31.2 Å². The maximum absolute atomic E-state index is 11.7. The minimum absolute atomic E-state index is 0.178. The number of anilines is 1. The molecule has 0 spiro atoms. The molecule has 1 heterocycles. The Labute approximate surface area is 117 Å². The van der Waals surface area contributed by atoms with Crippen LogP contribution in [0.5, 0.6) is 0 Å². The Kier molecular flexibility index (Phi) is 4.83. The molecule has 5 nitrogen and oxygen atoms in total. The third-order valence-electron chi connectivity index (χ3n) is 2.67. The van der Waals surface area contributed by atoms with Gasteiger partial charge in [-0.3, -0.25) is 9.78 Å². The number of carbonyl (C=O) groups excluding carboxylic acids is 1. The molecule has 0 aliphatic rings. The zero-order valence-corrected chi connectivity index (χ0v) is 11.2. The predicted molar refractivity (Wildman–Crippen MR) is 79.5 cm³/mol. The second-order valence-corrected chi connectivity index (χ2v) is 4.19. The van der Waals surface area contributed by atoms with Crippen LogP contribution in [0, 0.1) is 0 Å². The molecule has 0 fully saturated rings. The number of nitrogens with one attached hydrogen (secondary N) is 2. The number of amides is 1. The molecule has 1 amide bonds. The van der Waals surface area contributed by atoms with Crippen molar-refractivity contribution in [1.29, 1.82) is 0 Å². The molecule has 0 bridgehead atoms. The fraction of sp³-hybridized carbons (Fsp3) is 0.133. The van der Waals surface area contributed by atoms with Crippen LogP contribution in [0.2, 0.25) is 0 Å². The number of aromatic nitrogens is 1. The largest absolute Gasteiger partial charge is 0.376 e. The second-order valence-electron chi connectivity index (χ2n) is 4.19. The standard InChI is InChI=1S/C15H16N4O/c1-12(13-7-9-16-10-8-13)18-19-15(20)11-17-14-5-3-2-4-6-14/h2-10,17H,11H2,1H3,(H,19,20)/b18-12+. The van der Waals surface area contributed by atoms with Crippen LogP contribution in [-0.2, 0) is 4.79 Å². The van der Waals surface area contributed by atoms with Crippen molar-refractivity contribution >= 4 is 17.3 Å². The highest BCUT2D eigenvalue weighted by molar-refractivity contribution is 5.99. The summed E-state index contributed by atoms with van der Waals surface area (Å²) in [4.78, 5) is 15.6. The van der Waals surface area contributed by atoms with Crippen molar-refractivity contribution in [3.63, 3.8) is 0 Å². The van der Waals surface area contributed by atoms with Gasteiger partial charge < -0.3 is 5.32 Å². The lowest BCUT2D eigenvalue weighted by atomic mass is 10.2. The van der Waals surface area contributed by atoms with E-state index in [2.05, 4.69) is 20.8 Å². The first-order chi connectivity index (χ1) is 9.75. The number of hydrogen-bond acceptors (Lipinski definition) is 4. The fourth-order valence-corrected chi connectivity index (χ4v) is 1.58. The first-order valence-electron chi connectivity index (χ1n) is 6.28. The molecule has 5 heteroatoms. The van der Waals surface area contributed by atoms with Gasteiger partial charge >= 0.3 is 0 Å². The SMILES string of the molecule is C/C(=N\NC(=O)CNc1ccccc1)c1ccncc1. The monoisotopic (exact) mass is 268 g/mol. The third-order valence-corrected chi connectivity index (χ3v) is 2.67. The minimum atomic E-state index is -0.192. The minimum Gasteiger partial charge on any atom is -0.376 e. The van der Waals surface area contributed by atoms with Crippen molar-refractivity contribution in [2.75, 3.05) is 11.9 Å². The normalized spacial score (nSPS) is 10.9. The fourth-order valence-electron chi connectivity index (χ4n) is 1.58. The average molecular weight is 268 g/mol. The van der Waals surface area contributed by atoms with Gasteiger partial charge in [-0.15, -0.1) is 0 Å². The van der Waals surface area contributed by atoms with E-state index in [-0.39, 0.29) is 12.5 Å². The Morgan fingerprint density at radius 2 is 1.85 bits per heavy atom. The molecule has 0 radical (unpaired) electrons. The summed E-state index contributed by atoms with van der Waals surface area (Å²) in [5.41, 5.74) is 5.08. The molecule has 1 aromatic heterocycles. The smallest absolute Gasteiger partial charge is 0.259 e. The van der Waals surface area contributed by atoms with Crippen LogP contribution in [0.3, 0.4) is 0 Å².